The summed E-state index contributed by atoms with van der Waals surface area (Å²) in [6.45, 7) is 1.47. The molecule has 0 bridgehead atoms. The lowest BCUT2D eigenvalue weighted by Crippen LogP contribution is -2.25. The van der Waals surface area contributed by atoms with Crippen molar-refractivity contribution in [2.24, 2.45) is 0 Å². The minimum Gasteiger partial charge on any atom is -0.445 e. The van der Waals surface area contributed by atoms with Gasteiger partial charge in [-0.05, 0) is 72.2 Å². The van der Waals surface area contributed by atoms with Crippen LogP contribution in [0.25, 0.3) is 11.1 Å². The molecule has 50 heavy (non-hydrogen) atoms. The molecule has 262 valence electrons. The van der Waals surface area contributed by atoms with Crippen molar-refractivity contribution < 1.29 is 28.7 Å². The Balaban J connectivity index is 1.03. The Kier molecular flexibility index (Phi) is 15.9. The average Bonchev–Trinajstić information content (AvgIpc) is 3.14. The number of hydrogen-bond acceptors (Lipinski definition) is 6. The van der Waals surface area contributed by atoms with E-state index in [0.29, 0.717) is 25.9 Å². The molecule has 0 heterocycles. The highest BCUT2D eigenvalue weighted by atomic mass is 16.6. The van der Waals surface area contributed by atoms with Crippen LogP contribution in [-0.2, 0) is 32.3 Å². The average molecular weight is 679 g/mol. The number of anilines is 2. The lowest BCUT2D eigenvalue weighted by atomic mass is 10.0. The molecule has 0 spiro atoms. The van der Waals surface area contributed by atoms with Gasteiger partial charge >= 0.3 is 12.2 Å². The molecule has 4 aromatic rings. The first-order chi connectivity index (χ1) is 24.4. The molecule has 0 radical (unpaired) electrons. The largest absolute Gasteiger partial charge is 0.445 e. The molecule has 0 saturated heterocycles. The lowest BCUT2D eigenvalue weighted by molar-refractivity contribution is -0.117. The Morgan fingerprint density at radius 2 is 0.820 bits per heavy atom. The number of ether oxygens (including phenoxy) is 2. The van der Waals surface area contributed by atoms with Crippen molar-refractivity contribution in [3.8, 4) is 11.1 Å². The maximum atomic E-state index is 12.4. The SMILES string of the molecule is O=C(CCCCCNC(=O)OCc1ccccc1)Nc1ccc(-c2ccc(NC(=O)CCCCCNC(=O)OCc3ccccc3)cc2)cc1. The van der Waals surface area contributed by atoms with Gasteiger partial charge in [-0.3, -0.25) is 9.59 Å². The van der Waals surface area contributed by atoms with Gasteiger partial charge in [0.15, 0.2) is 0 Å². The minimum atomic E-state index is -0.442. The number of hydrogen-bond donors (Lipinski definition) is 4. The Labute approximate surface area is 294 Å². The Hall–Kier alpha value is -5.64. The van der Waals surface area contributed by atoms with Gasteiger partial charge in [0.05, 0.1) is 0 Å². The van der Waals surface area contributed by atoms with Crippen molar-refractivity contribution in [2.75, 3.05) is 23.7 Å². The van der Waals surface area contributed by atoms with Gasteiger partial charge in [-0.25, -0.2) is 9.59 Å². The molecule has 0 fully saturated rings. The predicted molar refractivity (Wildman–Crippen MR) is 195 cm³/mol. The fourth-order valence-corrected chi connectivity index (χ4v) is 5.04. The summed E-state index contributed by atoms with van der Waals surface area (Å²) in [6, 6.07) is 34.3. The third kappa shape index (κ3) is 14.6. The van der Waals surface area contributed by atoms with Crippen molar-refractivity contribution >= 4 is 35.4 Å². The van der Waals surface area contributed by atoms with Gasteiger partial charge in [0.2, 0.25) is 11.8 Å². The quantitative estimate of drug-likeness (QED) is 0.0739. The number of alkyl carbamates (subject to hydrolysis) is 2. The smallest absolute Gasteiger partial charge is 0.407 e. The Morgan fingerprint density at radius 3 is 1.20 bits per heavy atom. The first kappa shape index (κ1) is 37.2. The number of carbonyl (C=O) groups excluding carboxylic acids is 4. The van der Waals surface area contributed by atoms with E-state index in [2.05, 4.69) is 21.3 Å². The molecule has 0 aromatic heterocycles. The maximum Gasteiger partial charge on any atom is 0.407 e. The molecule has 4 aromatic carbocycles. The predicted octanol–water partition coefficient (Wildman–Crippen LogP) is 8.20. The zero-order chi connectivity index (χ0) is 35.2. The van der Waals surface area contributed by atoms with E-state index in [1.807, 2.05) is 109 Å². The summed E-state index contributed by atoms with van der Waals surface area (Å²) in [5.41, 5.74) is 5.31. The molecular formula is C40H46N4O6. The summed E-state index contributed by atoms with van der Waals surface area (Å²) >= 11 is 0. The molecule has 10 heteroatoms. The van der Waals surface area contributed by atoms with Gasteiger partial charge in [-0.2, -0.15) is 0 Å². The van der Waals surface area contributed by atoms with Crippen molar-refractivity contribution in [1.29, 1.82) is 0 Å². The summed E-state index contributed by atoms with van der Waals surface area (Å²) in [6.07, 6.45) is 4.51. The van der Waals surface area contributed by atoms with Crippen LogP contribution in [0.2, 0.25) is 0 Å². The van der Waals surface area contributed by atoms with E-state index in [4.69, 9.17) is 9.47 Å². The van der Waals surface area contributed by atoms with E-state index >= 15 is 0 Å². The number of benzene rings is 4. The number of rotatable bonds is 19. The Bertz CT molecular complexity index is 1490. The van der Waals surface area contributed by atoms with E-state index in [1.54, 1.807) is 0 Å². The highest BCUT2D eigenvalue weighted by Crippen LogP contribution is 2.23. The van der Waals surface area contributed by atoms with Crippen molar-refractivity contribution in [1.82, 2.24) is 10.6 Å². The molecule has 0 aliphatic carbocycles. The molecule has 0 saturated carbocycles. The molecular weight excluding hydrogens is 632 g/mol. The van der Waals surface area contributed by atoms with Crippen LogP contribution in [0.4, 0.5) is 21.0 Å². The highest BCUT2D eigenvalue weighted by molar-refractivity contribution is 5.92. The molecule has 4 amide bonds. The number of nitrogens with one attached hydrogen (secondary N) is 4. The van der Waals surface area contributed by atoms with E-state index in [1.165, 1.54) is 0 Å². The fraction of sp³-hybridized carbons (Fsp3) is 0.300. The minimum absolute atomic E-state index is 0.0519. The summed E-state index contributed by atoms with van der Waals surface area (Å²) in [7, 11) is 0. The van der Waals surface area contributed by atoms with E-state index in [0.717, 1.165) is 72.2 Å². The lowest BCUT2D eigenvalue weighted by Gasteiger charge is -2.09. The van der Waals surface area contributed by atoms with Crippen LogP contribution < -0.4 is 21.3 Å². The van der Waals surface area contributed by atoms with Crippen LogP contribution in [0.15, 0.2) is 109 Å². The van der Waals surface area contributed by atoms with Gasteiger partial charge in [-0.15, -0.1) is 0 Å². The van der Waals surface area contributed by atoms with Crippen molar-refractivity contribution in [3.63, 3.8) is 0 Å². The van der Waals surface area contributed by atoms with Gasteiger partial charge in [0, 0.05) is 37.3 Å². The van der Waals surface area contributed by atoms with Gasteiger partial charge in [-0.1, -0.05) is 97.8 Å². The first-order valence-corrected chi connectivity index (χ1v) is 17.1. The van der Waals surface area contributed by atoms with Crippen LogP contribution in [0.5, 0.6) is 0 Å². The van der Waals surface area contributed by atoms with Crippen LogP contribution in [0.1, 0.15) is 62.5 Å². The topological polar surface area (TPSA) is 135 Å². The molecule has 0 aliphatic rings. The van der Waals surface area contributed by atoms with Gasteiger partial charge < -0.3 is 30.7 Å². The summed E-state index contributed by atoms with van der Waals surface area (Å²) in [5.74, 6) is -0.104. The Morgan fingerprint density at radius 1 is 0.440 bits per heavy atom. The van der Waals surface area contributed by atoms with Crippen molar-refractivity contribution in [2.45, 2.75) is 64.6 Å². The maximum absolute atomic E-state index is 12.4. The second-order valence-electron chi connectivity index (χ2n) is 11.8. The fourth-order valence-electron chi connectivity index (χ4n) is 5.04. The second-order valence-corrected chi connectivity index (χ2v) is 11.8. The van der Waals surface area contributed by atoms with Crippen LogP contribution in [-0.4, -0.2) is 37.1 Å². The zero-order valence-electron chi connectivity index (χ0n) is 28.3. The molecule has 10 nitrogen and oxygen atoms in total. The number of amides is 4. The van der Waals surface area contributed by atoms with Crippen LogP contribution in [0.3, 0.4) is 0 Å². The summed E-state index contributed by atoms with van der Waals surface area (Å²) in [5, 5.41) is 11.4. The van der Waals surface area contributed by atoms with E-state index in [-0.39, 0.29) is 25.0 Å². The van der Waals surface area contributed by atoms with E-state index in [9.17, 15) is 19.2 Å². The molecule has 0 unspecified atom stereocenters. The third-order valence-electron chi connectivity index (χ3n) is 7.80. The van der Waals surface area contributed by atoms with Gasteiger partial charge in [0.25, 0.3) is 0 Å². The van der Waals surface area contributed by atoms with Crippen LogP contribution >= 0.6 is 0 Å². The van der Waals surface area contributed by atoms with Crippen molar-refractivity contribution in [3.05, 3.63) is 120 Å². The third-order valence-corrected chi connectivity index (χ3v) is 7.80. The highest BCUT2D eigenvalue weighted by Gasteiger charge is 2.07. The molecule has 4 N–H and O–H groups in total. The zero-order valence-corrected chi connectivity index (χ0v) is 28.3. The monoisotopic (exact) mass is 678 g/mol. The normalized spacial score (nSPS) is 10.5. The number of carbonyl (C=O) groups is 4. The second kappa shape index (κ2) is 21.4. The van der Waals surface area contributed by atoms with Gasteiger partial charge in [0.1, 0.15) is 13.2 Å². The number of unbranched alkanes of at least 4 members (excludes halogenated alkanes) is 4. The molecule has 4 rings (SSSR count). The summed E-state index contributed by atoms with van der Waals surface area (Å²) < 4.78 is 10.4. The molecule has 0 atom stereocenters. The van der Waals surface area contributed by atoms with E-state index < -0.39 is 12.2 Å². The molecule has 0 aliphatic heterocycles. The standard InChI is InChI=1S/C40H46N4O6/c45-37(17-9-3-11-27-41-39(47)49-29-31-13-5-1-6-14-31)43-35-23-19-33(20-24-35)34-21-25-36(26-22-34)44-38(46)18-10-4-12-28-42-40(48)50-30-32-15-7-2-8-16-32/h1-2,5-8,13-16,19-26H,3-4,9-12,17-18,27-30H2,(H,41,47)(H,42,48)(H,43,45)(H,44,46). The summed E-state index contributed by atoms with van der Waals surface area (Å²) in [4.78, 5) is 48.4. The first-order valence-electron chi connectivity index (χ1n) is 17.1. The van der Waals surface area contributed by atoms with Crippen LogP contribution in [0, 0.1) is 0 Å².